The first-order valence-corrected chi connectivity index (χ1v) is 5.77. The minimum absolute atomic E-state index is 0.397. The fourth-order valence-corrected chi connectivity index (χ4v) is 1.73. The lowest BCUT2D eigenvalue weighted by Gasteiger charge is -2.03. The molecule has 2 nitrogen and oxygen atoms in total. The van der Waals surface area contributed by atoms with Crippen molar-refractivity contribution in [2.75, 3.05) is 12.4 Å². The molecule has 1 aromatic rings. The smallest absolute Gasteiger partial charge is 0.118 e. The third kappa shape index (κ3) is 4.03. The first-order valence-electron chi connectivity index (χ1n) is 4.86. The zero-order valence-electron chi connectivity index (χ0n) is 8.40. The van der Waals surface area contributed by atoms with E-state index >= 15 is 0 Å². The van der Waals surface area contributed by atoms with Crippen LogP contribution < -0.4 is 0 Å². The van der Waals surface area contributed by atoms with Crippen LogP contribution in [0.5, 0.6) is 5.75 Å². The SMILES string of the molecule is CCOSCCCc1ccccc1O. The molecule has 0 fully saturated rings. The maximum atomic E-state index is 9.48. The van der Waals surface area contributed by atoms with Gasteiger partial charge in [-0.3, -0.25) is 0 Å². The number of para-hydroxylation sites is 1. The summed E-state index contributed by atoms with van der Waals surface area (Å²) in [5.74, 6) is 1.37. The molecule has 0 atom stereocenters. The number of aromatic hydroxyl groups is 1. The number of hydrogen-bond acceptors (Lipinski definition) is 3. The van der Waals surface area contributed by atoms with Gasteiger partial charge in [-0.25, -0.2) is 0 Å². The lowest BCUT2D eigenvalue weighted by atomic mass is 10.1. The summed E-state index contributed by atoms with van der Waals surface area (Å²) in [5, 5.41) is 9.48. The van der Waals surface area contributed by atoms with Crippen LogP contribution in [0.15, 0.2) is 24.3 Å². The van der Waals surface area contributed by atoms with Gasteiger partial charge in [0, 0.05) is 5.75 Å². The van der Waals surface area contributed by atoms with Crippen molar-refractivity contribution in [1.82, 2.24) is 0 Å². The molecule has 0 heterocycles. The summed E-state index contributed by atoms with van der Waals surface area (Å²) in [7, 11) is 0. The molecule has 0 aliphatic carbocycles. The predicted molar refractivity (Wildman–Crippen MR) is 60.5 cm³/mol. The van der Waals surface area contributed by atoms with Crippen LogP contribution in [-0.4, -0.2) is 17.5 Å². The van der Waals surface area contributed by atoms with Gasteiger partial charge >= 0.3 is 0 Å². The summed E-state index contributed by atoms with van der Waals surface area (Å²) in [6.07, 6.45) is 1.94. The van der Waals surface area contributed by atoms with Crippen molar-refractivity contribution in [2.45, 2.75) is 19.8 Å². The summed E-state index contributed by atoms with van der Waals surface area (Å²) >= 11 is 1.50. The summed E-state index contributed by atoms with van der Waals surface area (Å²) in [6, 6.07) is 7.48. The largest absolute Gasteiger partial charge is 0.508 e. The molecule has 78 valence electrons. The molecule has 0 bridgehead atoms. The molecule has 0 amide bonds. The molecule has 0 saturated heterocycles. The Morgan fingerprint density at radius 2 is 2.14 bits per heavy atom. The second-order valence-electron chi connectivity index (χ2n) is 2.96. The van der Waals surface area contributed by atoms with Crippen LogP contribution in [0.3, 0.4) is 0 Å². The van der Waals surface area contributed by atoms with E-state index in [1.54, 1.807) is 6.07 Å². The lowest BCUT2D eigenvalue weighted by molar-refractivity contribution is 0.401. The molecule has 14 heavy (non-hydrogen) atoms. The zero-order valence-corrected chi connectivity index (χ0v) is 9.22. The number of hydrogen-bond donors (Lipinski definition) is 1. The molecule has 0 saturated carbocycles. The van der Waals surface area contributed by atoms with Crippen molar-refractivity contribution >= 4 is 12.0 Å². The third-order valence-corrected chi connectivity index (χ3v) is 2.72. The van der Waals surface area contributed by atoms with E-state index in [0.717, 1.165) is 30.8 Å². The molecular weight excluding hydrogens is 196 g/mol. The van der Waals surface area contributed by atoms with Gasteiger partial charge in [0.15, 0.2) is 0 Å². The van der Waals surface area contributed by atoms with Crippen molar-refractivity contribution in [3.05, 3.63) is 29.8 Å². The van der Waals surface area contributed by atoms with E-state index in [-0.39, 0.29) is 0 Å². The fraction of sp³-hybridized carbons (Fsp3) is 0.455. The first kappa shape index (κ1) is 11.4. The van der Waals surface area contributed by atoms with Gasteiger partial charge in [0.25, 0.3) is 0 Å². The quantitative estimate of drug-likeness (QED) is 0.580. The van der Waals surface area contributed by atoms with E-state index in [9.17, 15) is 5.11 Å². The Hall–Kier alpha value is -0.670. The zero-order chi connectivity index (χ0) is 10.2. The Bertz CT molecular complexity index is 263. The van der Waals surface area contributed by atoms with E-state index in [0.29, 0.717) is 5.75 Å². The number of rotatable bonds is 6. The van der Waals surface area contributed by atoms with Gasteiger partial charge in [-0.1, -0.05) is 18.2 Å². The lowest BCUT2D eigenvalue weighted by Crippen LogP contribution is -1.89. The molecule has 1 rings (SSSR count). The number of aryl methyl sites for hydroxylation is 1. The van der Waals surface area contributed by atoms with Crippen molar-refractivity contribution in [2.24, 2.45) is 0 Å². The van der Waals surface area contributed by atoms with E-state index in [1.165, 1.54) is 12.0 Å². The summed E-state index contributed by atoms with van der Waals surface area (Å²) < 4.78 is 5.16. The Balaban J connectivity index is 2.21. The highest BCUT2D eigenvalue weighted by molar-refractivity contribution is 7.94. The van der Waals surface area contributed by atoms with Crippen molar-refractivity contribution in [3.63, 3.8) is 0 Å². The molecule has 0 aliphatic heterocycles. The van der Waals surface area contributed by atoms with E-state index in [1.807, 2.05) is 25.1 Å². The highest BCUT2D eigenvalue weighted by Gasteiger charge is 1.98. The van der Waals surface area contributed by atoms with Crippen LogP contribution in [0.1, 0.15) is 18.9 Å². The molecule has 0 aromatic heterocycles. The number of phenols is 1. The molecule has 0 unspecified atom stereocenters. The van der Waals surface area contributed by atoms with Gasteiger partial charge in [0.2, 0.25) is 0 Å². The van der Waals surface area contributed by atoms with Crippen LogP contribution in [0.4, 0.5) is 0 Å². The van der Waals surface area contributed by atoms with Gasteiger partial charge in [0.1, 0.15) is 5.75 Å². The first-order chi connectivity index (χ1) is 6.84. The molecule has 1 N–H and O–H groups in total. The average Bonchev–Trinajstić information content (AvgIpc) is 2.20. The minimum atomic E-state index is 0.397. The van der Waals surface area contributed by atoms with Crippen LogP contribution in [0.25, 0.3) is 0 Å². The van der Waals surface area contributed by atoms with Gasteiger partial charge in [0.05, 0.1) is 6.61 Å². The predicted octanol–water partition coefficient (Wildman–Crippen LogP) is 3.01. The molecule has 0 spiro atoms. The van der Waals surface area contributed by atoms with Crippen LogP contribution in [0, 0.1) is 0 Å². The third-order valence-electron chi connectivity index (χ3n) is 1.87. The van der Waals surface area contributed by atoms with Crippen LogP contribution in [-0.2, 0) is 10.6 Å². The minimum Gasteiger partial charge on any atom is -0.508 e. The Morgan fingerprint density at radius 1 is 1.36 bits per heavy atom. The normalized spacial score (nSPS) is 10.4. The van der Waals surface area contributed by atoms with E-state index in [2.05, 4.69) is 0 Å². The second-order valence-corrected chi connectivity index (χ2v) is 3.84. The topological polar surface area (TPSA) is 29.5 Å². The van der Waals surface area contributed by atoms with Crippen LogP contribution in [0.2, 0.25) is 0 Å². The average molecular weight is 212 g/mol. The monoisotopic (exact) mass is 212 g/mol. The van der Waals surface area contributed by atoms with E-state index in [4.69, 9.17) is 4.18 Å². The van der Waals surface area contributed by atoms with Crippen molar-refractivity contribution in [3.8, 4) is 5.75 Å². The van der Waals surface area contributed by atoms with Crippen molar-refractivity contribution in [1.29, 1.82) is 0 Å². The van der Waals surface area contributed by atoms with Gasteiger partial charge in [-0.2, -0.15) is 0 Å². The maximum Gasteiger partial charge on any atom is 0.118 e. The maximum absolute atomic E-state index is 9.48. The molecule has 0 aliphatic rings. The molecule has 1 aromatic carbocycles. The Kier molecular flexibility index (Phi) is 5.49. The second kappa shape index (κ2) is 6.74. The van der Waals surface area contributed by atoms with E-state index < -0.39 is 0 Å². The highest BCUT2D eigenvalue weighted by atomic mass is 32.2. The van der Waals surface area contributed by atoms with Crippen LogP contribution >= 0.6 is 12.0 Å². The van der Waals surface area contributed by atoms with Crippen molar-refractivity contribution < 1.29 is 9.29 Å². The summed E-state index contributed by atoms with van der Waals surface area (Å²) in [5.41, 5.74) is 1.02. The highest BCUT2D eigenvalue weighted by Crippen LogP contribution is 2.18. The molecular formula is C11H16O2S. The standard InChI is InChI=1S/C11H16O2S/c1-2-13-14-9-5-7-10-6-3-4-8-11(10)12/h3-4,6,8,12H,2,5,7,9H2,1H3. The molecule has 3 heteroatoms. The summed E-state index contributed by atoms with van der Waals surface area (Å²) in [6.45, 7) is 2.73. The Morgan fingerprint density at radius 3 is 2.86 bits per heavy atom. The van der Waals surface area contributed by atoms with Gasteiger partial charge < -0.3 is 9.29 Å². The summed E-state index contributed by atoms with van der Waals surface area (Å²) in [4.78, 5) is 0. The number of benzene rings is 1. The van der Waals surface area contributed by atoms with Gasteiger partial charge in [-0.05, 0) is 43.4 Å². The Labute approximate surface area is 89.5 Å². The van der Waals surface area contributed by atoms with Gasteiger partial charge in [-0.15, -0.1) is 0 Å². The molecule has 0 radical (unpaired) electrons. The fourth-order valence-electron chi connectivity index (χ4n) is 1.19. The number of phenolic OH excluding ortho intramolecular Hbond substituents is 1.